The number of nitrogens with zero attached hydrogens (tertiary/aromatic N) is 2. The summed E-state index contributed by atoms with van der Waals surface area (Å²) in [5.74, 6) is 1.17. The van der Waals surface area contributed by atoms with Crippen LogP contribution in [-0.4, -0.2) is 73.6 Å². The Labute approximate surface area is 208 Å². The molecule has 2 aromatic carbocycles. The SMILES string of the molecule is C=CCc1cc(CN(CCN2CCOCC2)Cc2cc(CC=C)cc(OC)c2O)c(O)c(OC)c1. The Bertz CT molecular complexity index is 932. The van der Waals surface area contributed by atoms with Crippen molar-refractivity contribution in [2.45, 2.75) is 25.9 Å². The van der Waals surface area contributed by atoms with E-state index in [0.29, 0.717) is 37.4 Å². The van der Waals surface area contributed by atoms with Crippen LogP contribution < -0.4 is 9.47 Å². The van der Waals surface area contributed by atoms with Crippen LogP contribution in [-0.2, 0) is 30.7 Å². The maximum absolute atomic E-state index is 10.9. The molecule has 1 aliphatic heterocycles. The van der Waals surface area contributed by atoms with Crippen molar-refractivity contribution >= 4 is 0 Å². The smallest absolute Gasteiger partial charge is 0.162 e. The number of benzene rings is 2. The molecular weight excluding hydrogens is 444 g/mol. The van der Waals surface area contributed by atoms with Crippen LogP contribution in [0, 0.1) is 0 Å². The number of aromatic hydroxyl groups is 2. The van der Waals surface area contributed by atoms with Gasteiger partial charge in [0.05, 0.1) is 27.4 Å². The molecule has 3 rings (SSSR count). The Morgan fingerprint density at radius 2 is 1.37 bits per heavy atom. The summed E-state index contributed by atoms with van der Waals surface area (Å²) in [4.78, 5) is 4.60. The topological polar surface area (TPSA) is 74.6 Å². The highest BCUT2D eigenvalue weighted by molar-refractivity contribution is 5.50. The predicted octanol–water partition coefficient (Wildman–Crippen LogP) is 3.91. The number of methoxy groups -OCH3 is 2. The molecule has 7 heteroatoms. The maximum Gasteiger partial charge on any atom is 0.162 e. The zero-order valence-corrected chi connectivity index (χ0v) is 21.0. The highest BCUT2D eigenvalue weighted by Crippen LogP contribution is 2.35. The predicted molar refractivity (Wildman–Crippen MR) is 138 cm³/mol. The van der Waals surface area contributed by atoms with Crippen molar-refractivity contribution in [2.75, 3.05) is 53.6 Å². The molecule has 0 unspecified atom stereocenters. The van der Waals surface area contributed by atoms with Crippen LogP contribution >= 0.6 is 0 Å². The van der Waals surface area contributed by atoms with Gasteiger partial charge in [0.2, 0.25) is 0 Å². The largest absolute Gasteiger partial charge is 0.504 e. The lowest BCUT2D eigenvalue weighted by atomic mass is 10.0. The molecule has 0 saturated carbocycles. The molecule has 0 aliphatic carbocycles. The quantitative estimate of drug-likeness (QED) is 0.420. The van der Waals surface area contributed by atoms with E-state index in [1.807, 2.05) is 36.4 Å². The number of allylic oxidation sites excluding steroid dienone is 2. The van der Waals surface area contributed by atoms with Gasteiger partial charge in [-0.05, 0) is 36.1 Å². The van der Waals surface area contributed by atoms with E-state index < -0.39 is 0 Å². The van der Waals surface area contributed by atoms with E-state index in [0.717, 1.165) is 61.6 Å². The van der Waals surface area contributed by atoms with E-state index in [9.17, 15) is 10.2 Å². The Balaban J connectivity index is 1.91. The summed E-state index contributed by atoms with van der Waals surface area (Å²) in [6.07, 6.45) is 5.03. The molecule has 1 aliphatic rings. The molecule has 1 fully saturated rings. The lowest BCUT2D eigenvalue weighted by Crippen LogP contribution is -2.41. The first kappa shape index (κ1) is 26.6. The molecule has 0 atom stereocenters. The summed E-state index contributed by atoms with van der Waals surface area (Å²) in [5.41, 5.74) is 3.60. The number of phenolic OH excluding ortho intramolecular Hbond substituents is 2. The molecule has 0 bridgehead atoms. The second-order valence-corrected chi connectivity index (χ2v) is 8.76. The average Bonchev–Trinajstić information content (AvgIpc) is 2.87. The van der Waals surface area contributed by atoms with Crippen LogP contribution in [0.1, 0.15) is 22.3 Å². The number of phenols is 2. The van der Waals surface area contributed by atoms with Gasteiger partial charge in [-0.1, -0.05) is 24.3 Å². The first-order valence-electron chi connectivity index (χ1n) is 12.0. The average molecular weight is 483 g/mol. The minimum absolute atomic E-state index is 0.138. The molecule has 0 spiro atoms. The van der Waals surface area contributed by atoms with Crippen LogP contribution in [0.4, 0.5) is 0 Å². The van der Waals surface area contributed by atoms with Gasteiger partial charge in [0.1, 0.15) is 0 Å². The van der Waals surface area contributed by atoms with Gasteiger partial charge in [-0.25, -0.2) is 0 Å². The lowest BCUT2D eigenvalue weighted by molar-refractivity contribution is 0.0324. The molecule has 190 valence electrons. The van der Waals surface area contributed by atoms with Gasteiger partial charge in [-0.2, -0.15) is 0 Å². The third kappa shape index (κ3) is 7.24. The van der Waals surface area contributed by atoms with E-state index in [1.165, 1.54) is 0 Å². The van der Waals surface area contributed by atoms with Crippen molar-refractivity contribution in [1.29, 1.82) is 0 Å². The van der Waals surface area contributed by atoms with Crippen molar-refractivity contribution in [3.05, 3.63) is 71.8 Å². The molecule has 1 saturated heterocycles. The fourth-order valence-electron chi connectivity index (χ4n) is 4.38. The van der Waals surface area contributed by atoms with Gasteiger partial charge in [-0.3, -0.25) is 9.80 Å². The Kier molecular flexibility index (Phi) is 10.0. The molecule has 0 aromatic heterocycles. The summed E-state index contributed by atoms with van der Waals surface area (Å²) in [6.45, 7) is 13.5. The van der Waals surface area contributed by atoms with Crippen LogP contribution in [0.25, 0.3) is 0 Å². The van der Waals surface area contributed by atoms with Crippen LogP contribution in [0.3, 0.4) is 0 Å². The summed E-state index contributed by atoms with van der Waals surface area (Å²) >= 11 is 0. The third-order valence-electron chi connectivity index (χ3n) is 6.25. The van der Waals surface area contributed by atoms with Crippen molar-refractivity contribution in [3.8, 4) is 23.0 Å². The molecule has 0 amide bonds. The summed E-state index contributed by atoms with van der Waals surface area (Å²) in [6, 6.07) is 7.67. The molecule has 35 heavy (non-hydrogen) atoms. The van der Waals surface area contributed by atoms with Crippen molar-refractivity contribution < 1.29 is 24.4 Å². The van der Waals surface area contributed by atoms with E-state index >= 15 is 0 Å². The Hall–Kier alpha value is -3.00. The standard InChI is InChI=1S/C28H38N2O5/c1-5-7-21-15-23(27(31)25(17-21)33-3)19-30(10-9-29-11-13-35-14-12-29)20-24-16-22(8-6-2)18-26(34-4)28(24)32/h5-6,15-18,31-32H,1-2,7-14,19-20H2,3-4H3. The molecule has 7 nitrogen and oxygen atoms in total. The van der Waals surface area contributed by atoms with E-state index in [4.69, 9.17) is 14.2 Å². The second kappa shape index (κ2) is 13.2. The van der Waals surface area contributed by atoms with Crippen molar-refractivity contribution in [3.63, 3.8) is 0 Å². The minimum atomic E-state index is 0.138. The Morgan fingerprint density at radius 3 is 1.80 bits per heavy atom. The first-order chi connectivity index (χ1) is 17.0. The number of hydrogen-bond donors (Lipinski definition) is 2. The van der Waals surface area contributed by atoms with Crippen LogP contribution in [0.5, 0.6) is 23.0 Å². The maximum atomic E-state index is 10.9. The van der Waals surface area contributed by atoms with Gasteiger partial charge in [0.15, 0.2) is 23.0 Å². The van der Waals surface area contributed by atoms with Crippen LogP contribution in [0.15, 0.2) is 49.6 Å². The van der Waals surface area contributed by atoms with Gasteiger partial charge in [0, 0.05) is 50.4 Å². The van der Waals surface area contributed by atoms with E-state index in [1.54, 1.807) is 14.2 Å². The monoisotopic (exact) mass is 482 g/mol. The Morgan fingerprint density at radius 1 is 0.886 bits per heavy atom. The number of rotatable bonds is 13. The fraction of sp³-hybridized carbons (Fsp3) is 0.429. The minimum Gasteiger partial charge on any atom is -0.504 e. The normalized spacial score (nSPS) is 14.1. The summed E-state index contributed by atoms with van der Waals surface area (Å²) in [5, 5.41) is 21.8. The lowest BCUT2D eigenvalue weighted by Gasteiger charge is -2.30. The van der Waals surface area contributed by atoms with Gasteiger partial charge in [0.25, 0.3) is 0 Å². The van der Waals surface area contributed by atoms with Gasteiger partial charge in [-0.15, -0.1) is 13.2 Å². The van der Waals surface area contributed by atoms with Crippen molar-refractivity contribution in [2.24, 2.45) is 0 Å². The first-order valence-corrected chi connectivity index (χ1v) is 12.0. The zero-order valence-electron chi connectivity index (χ0n) is 21.0. The highest BCUT2D eigenvalue weighted by atomic mass is 16.5. The summed E-state index contributed by atoms with van der Waals surface area (Å²) in [7, 11) is 3.12. The number of morpholine rings is 1. The molecule has 0 radical (unpaired) electrons. The highest BCUT2D eigenvalue weighted by Gasteiger charge is 2.19. The van der Waals surface area contributed by atoms with Gasteiger partial charge >= 0.3 is 0 Å². The number of hydrogen-bond acceptors (Lipinski definition) is 7. The molecule has 1 heterocycles. The van der Waals surface area contributed by atoms with E-state index in [-0.39, 0.29) is 11.5 Å². The number of ether oxygens (including phenoxy) is 3. The molecular formula is C28H38N2O5. The fourth-order valence-corrected chi connectivity index (χ4v) is 4.38. The van der Waals surface area contributed by atoms with E-state index in [2.05, 4.69) is 23.0 Å². The molecule has 2 N–H and O–H groups in total. The van der Waals surface area contributed by atoms with Gasteiger partial charge < -0.3 is 24.4 Å². The van der Waals surface area contributed by atoms with Crippen molar-refractivity contribution in [1.82, 2.24) is 9.80 Å². The van der Waals surface area contributed by atoms with Crippen LogP contribution in [0.2, 0.25) is 0 Å². The second-order valence-electron chi connectivity index (χ2n) is 8.76. The molecule has 2 aromatic rings. The zero-order chi connectivity index (χ0) is 25.2. The third-order valence-corrected chi connectivity index (χ3v) is 6.25. The summed E-state index contributed by atoms with van der Waals surface area (Å²) < 4.78 is 16.3.